The number of aliphatic imine (C=N–C) groups is 1. The maximum Gasteiger partial charge on any atom is 0.225 e. The minimum atomic E-state index is 0. The zero-order chi connectivity index (χ0) is 16.1. The molecular formula is C16H23IN6S. The maximum atomic E-state index is 6.15. The van der Waals surface area contributed by atoms with Crippen molar-refractivity contribution in [1.82, 2.24) is 14.9 Å². The lowest BCUT2D eigenvalue weighted by Crippen LogP contribution is -2.51. The lowest BCUT2D eigenvalue weighted by Gasteiger charge is -2.35. The van der Waals surface area contributed by atoms with Crippen LogP contribution in [-0.4, -0.2) is 47.0 Å². The average Bonchev–Trinajstić information content (AvgIpc) is 3.09. The molecule has 0 saturated carbocycles. The van der Waals surface area contributed by atoms with Gasteiger partial charge in [-0.2, -0.15) is 0 Å². The molecule has 130 valence electrons. The van der Waals surface area contributed by atoms with Crippen LogP contribution < -0.4 is 10.6 Å². The molecule has 1 aliphatic rings. The highest BCUT2D eigenvalue weighted by atomic mass is 127. The summed E-state index contributed by atoms with van der Waals surface area (Å²) in [6, 6.07) is 6.15. The Kier molecular flexibility index (Phi) is 7.22. The lowest BCUT2D eigenvalue weighted by atomic mass is 10.3. The van der Waals surface area contributed by atoms with E-state index in [4.69, 9.17) is 5.73 Å². The molecular weight excluding hydrogens is 435 g/mol. The summed E-state index contributed by atoms with van der Waals surface area (Å²) in [5.74, 6) is 1.42. The zero-order valence-electron chi connectivity index (χ0n) is 13.8. The van der Waals surface area contributed by atoms with Gasteiger partial charge in [-0.05, 0) is 24.6 Å². The lowest BCUT2D eigenvalue weighted by molar-refractivity contribution is 0.378. The van der Waals surface area contributed by atoms with E-state index in [0.29, 0.717) is 12.5 Å². The summed E-state index contributed by atoms with van der Waals surface area (Å²) in [6.07, 6.45) is 4.62. The van der Waals surface area contributed by atoms with E-state index in [1.165, 1.54) is 9.75 Å². The van der Waals surface area contributed by atoms with Gasteiger partial charge in [-0.1, -0.05) is 6.92 Å². The van der Waals surface area contributed by atoms with Gasteiger partial charge in [-0.3, -0.25) is 0 Å². The van der Waals surface area contributed by atoms with Crippen molar-refractivity contribution in [3.8, 4) is 0 Å². The van der Waals surface area contributed by atoms with Crippen LogP contribution in [0.3, 0.4) is 0 Å². The topological polar surface area (TPSA) is 70.6 Å². The molecule has 0 bridgehead atoms. The molecule has 0 atom stereocenters. The molecule has 0 spiro atoms. The van der Waals surface area contributed by atoms with Gasteiger partial charge in [0.1, 0.15) is 0 Å². The first kappa shape index (κ1) is 18.9. The van der Waals surface area contributed by atoms with Crippen LogP contribution in [0.5, 0.6) is 0 Å². The van der Waals surface area contributed by atoms with E-state index in [1.54, 1.807) is 12.4 Å². The van der Waals surface area contributed by atoms with Gasteiger partial charge in [0.25, 0.3) is 0 Å². The molecule has 3 rings (SSSR count). The first-order valence-corrected chi connectivity index (χ1v) is 8.72. The predicted octanol–water partition coefficient (Wildman–Crippen LogP) is 2.36. The van der Waals surface area contributed by atoms with Crippen molar-refractivity contribution in [2.24, 2.45) is 10.7 Å². The number of thiophene rings is 1. The summed E-state index contributed by atoms with van der Waals surface area (Å²) in [6.45, 7) is 6.25. The summed E-state index contributed by atoms with van der Waals surface area (Å²) in [5, 5.41) is 0. The van der Waals surface area contributed by atoms with Gasteiger partial charge in [0.05, 0.1) is 6.54 Å². The SMILES string of the molecule is CCc1ccc(CN=C(N)N2CCN(c3ncccn3)CC2)s1.I. The molecule has 1 fully saturated rings. The molecule has 6 nitrogen and oxygen atoms in total. The molecule has 2 aromatic rings. The van der Waals surface area contributed by atoms with E-state index in [-0.39, 0.29) is 24.0 Å². The van der Waals surface area contributed by atoms with Crippen LogP contribution in [0.15, 0.2) is 35.6 Å². The highest BCUT2D eigenvalue weighted by molar-refractivity contribution is 14.0. The van der Waals surface area contributed by atoms with E-state index in [2.05, 4.69) is 43.8 Å². The number of hydrogen-bond donors (Lipinski definition) is 1. The number of anilines is 1. The highest BCUT2D eigenvalue weighted by Crippen LogP contribution is 2.18. The standard InChI is InChI=1S/C16H22N6S.HI/c1-2-13-4-5-14(23-13)12-20-15(17)21-8-10-22(11-9-21)16-18-6-3-7-19-16;/h3-7H,2,8-12H2,1H3,(H2,17,20);1H. The van der Waals surface area contributed by atoms with Gasteiger partial charge in [-0.25, -0.2) is 15.0 Å². The number of nitrogens with zero attached hydrogens (tertiary/aromatic N) is 5. The molecule has 2 N–H and O–H groups in total. The smallest absolute Gasteiger partial charge is 0.225 e. The van der Waals surface area contributed by atoms with Gasteiger partial charge < -0.3 is 15.5 Å². The number of aromatic nitrogens is 2. The number of hydrogen-bond acceptors (Lipinski definition) is 5. The fraction of sp³-hybridized carbons (Fsp3) is 0.438. The summed E-state index contributed by atoms with van der Waals surface area (Å²) in [5.41, 5.74) is 6.15. The molecule has 1 saturated heterocycles. The van der Waals surface area contributed by atoms with E-state index >= 15 is 0 Å². The van der Waals surface area contributed by atoms with Crippen molar-refractivity contribution in [2.45, 2.75) is 19.9 Å². The monoisotopic (exact) mass is 458 g/mol. The molecule has 8 heteroatoms. The van der Waals surface area contributed by atoms with Crippen molar-refractivity contribution in [1.29, 1.82) is 0 Å². The average molecular weight is 458 g/mol. The number of piperazine rings is 1. The summed E-state index contributed by atoms with van der Waals surface area (Å²) in [7, 11) is 0. The second kappa shape index (κ2) is 9.16. The second-order valence-corrected chi connectivity index (χ2v) is 6.67. The quantitative estimate of drug-likeness (QED) is 0.433. The van der Waals surface area contributed by atoms with Gasteiger partial charge in [0.2, 0.25) is 5.95 Å². The molecule has 0 aromatic carbocycles. The molecule has 2 aromatic heterocycles. The van der Waals surface area contributed by atoms with Crippen LogP contribution >= 0.6 is 35.3 Å². The largest absolute Gasteiger partial charge is 0.370 e. The molecule has 0 aliphatic carbocycles. The molecule has 24 heavy (non-hydrogen) atoms. The Bertz CT molecular complexity index is 652. The summed E-state index contributed by atoms with van der Waals surface area (Å²) in [4.78, 5) is 20.1. The molecule has 0 amide bonds. The van der Waals surface area contributed by atoms with Crippen molar-refractivity contribution in [3.05, 3.63) is 40.3 Å². The van der Waals surface area contributed by atoms with Crippen LogP contribution in [0, 0.1) is 0 Å². The third-order valence-corrected chi connectivity index (χ3v) is 5.12. The molecule has 1 aliphatic heterocycles. The van der Waals surface area contributed by atoms with Crippen LogP contribution in [-0.2, 0) is 13.0 Å². The van der Waals surface area contributed by atoms with Crippen LogP contribution in [0.1, 0.15) is 16.7 Å². The Morgan fingerprint density at radius 2 is 1.83 bits per heavy atom. The Morgan fingerprint density at radius 3 is 2.46 bits per heavy atom. The third-order valence-electron chi connectivity index (χ3n) is 3.90. The van der Waals surface area contributed by atoms with Crippen molar-refractivity contribution in [2.75, 3.05) is 31.1 Å². The highest BCUT2D eigenvalue weighted by Gasteiger charge is 2.19. The number of guanidine groups is 1. The summed E-state index contributed by atoms with van der Waals surface area (Å²) >= 11 is 1.81. The van der Waals surface area contributed by atoms with E-state index in [1.807, 2.05) is 17.4 Å². The maximum absolute atomic E-state index is 6.15. The minimum Gasteiger partial charge on any atom is -0.370 e. The number of halogens is 1. The first-order chi connectivity index (χ1) is 11.3. The third kappa shape index (κ3) is 4.79. The van der Waals surface area contributed by atoms with Gasteiger partial charge in [0.15, 0.2) is 5.96 Å². The molecule has 0 radical (unpaired) electrons. The van der Waals surface area contributed by atoms with E-state index in [0.717, 1.165) is 38.5 Å². The second-order valence-electron chi connectivity index (χ2n) is 5.42. The Balaban J connectivity index is 0.00000208. The Labute approximate surface area is 163 Å². The summed E-state index contributed by atoms with van der Waals surface area (Å²) < 4.78 is 0. The Morgan fingerprint density at radius 1 is 1.17 bits per heavy atom. The molecule has 0 unspecified atom stereocenters. The van der Waals surface area contributed by atoms with Gasteiger partial charge in [-0.15, -0.1) is 35.3 Å². The van der Waals surface area contributed by atoms with E-state index in [9.17, 15) is 0 Å². The first-order valence-electron chi connectivity index (χ1n) is 7.90. The van der Waals surface area contributed by atoms with Gasteiger partial charge >= 0.3 is 0 Å². The number of nitrogens with two attached hydrogens (primary N) is 1. The fourth-order valence-corrected chi connectivity index (χ4v) is 3.43. The van der Waals surface area contributed by atoms with Crippen molar-refractivity contribution < 1.29 is 0 Å². The fourth-order valence-electron chi connectivity index (χ4n) is 2.55. The van der Waals surface area contributed by atoms with E-state index < -0.39 is 0 Å². The van der Waals surface area contributed by atoms with Crippen LogP contribution in [0.4, 0.5) is 5.95 Å². The zero-order valence-corrected chi connectivity index (χ0v) is 16.9. The number of rotatable bonds is 4. The Hall–Kier alpha value is -1.42. The molecule has 3 heterocycles. The predicted molar refractivity (Wildman–Crippen MR) is 110 cm³/mol. The number of aryl methyl sites for hydroxylation is 1. The van der Waals surface area contributed by atoms with Crippen LogP contribution in [0.2, 0.25) is 0 Å². The van der Waals surface area contributed by atoms with Gasteiger partial charge in [0, 0.05) is 48.3 Å². The van der Waals surface area contributed by atoms with Crippen molar-refractivity contribution in [3.63, 3.8) is 0 Å². The minimum absolute atomic E-state index is 0. The van der Waals surface area contributed by atoms with Crippen molar-refractivity contribution >= 4 is 47.2 Å². The normalized spacial score (nSPS) is 15.3. The van der Waals surface area contributed by atoms with Crippen LogP contribution in [0.25, 0.3) is 0 Å².